The summed E-state index contributed by atoms with van der Waals surface area (Å²) in [7, 11) is -3.81. The number of carbonyl (C=O) groups is 1. The second kappa shape index (κ2) is 14.6. The minimum atomic E-state index is -3.81. The molecule has 1 saturated heterocycles. The first-order valence-electron chi connectivity index (χ1n) is 11.6. The van der Waals surface area contributed by atoms with Gasteiger partial charge >= 0.3 is 7.60 Å². The van der Waals surface area contributed by atoms with Crippen LogP contribution in [-0.2, 0) is 23.5 Å². The first kappa shape index (κ1) is 29.5. The van der Waals surface area contributed by atoms with E-state index in [-0.39, 0.29) is 19.1 Å². The summed E-state index contributed by atoms with van der Waals surface area (Å²) in [6, 6.07) is 0. The molecule has 0 aromatic carbocycles. The first-order valence-corrected chi connectivity index (χ1v) is 13.3. The lowest BCUT2D eigenvalue weighted by Crippen LogP contribution is -2.61. The van der Waals surface area contributed by atoms with Crippen molar-refractivity contribution in [2.45, 2.75) is 103 Å². The maximum absolute atomic E-state index is 12.0. The summed E-state index contributed by atoms with van der Waals surface area (Å²) >= 11 is 0. The van der Waals surface area contributed by atoms with Gasteiger partial charge in [0.15, 0.2) is 12.5 Å². The zero-order valence-corrected chi connectivity index (χ0v) is 21.0. The molecule has 0 saturated carbocycles. The van der Waals surface area contributed by atoms with E-state index in [0.29, 0.717) is 25.3 Å². The molecule has 0 spiro atoms. The quantitative estimate of drug-likeness (QED) is 0.205. The number of rotatable bonds is 15. The molecule has 0 aromatic heterocycles. The second-order valence-electron chi connectivity index (χ2n) is 9.05. The lowest BCUT2D eigenvalue weighted by atomic mass is 10.1. The van der Waals surface area contributed by atoms with E-state index in [1.807, 2.05) is 0 Å². The Hall–Kier alpha value is -0.580. The molecule has 5 unspecified atom stereocenters. The molecule has 1 aliphatic heterocycles. The molecule has 0 aromatic rings. The fraction of sp³-hybridized carbons (Fsp3) is 0.952. The number of hydrogen-bond donors (Lipinski definition) is 4. The Morgan fingerprint density at radius 1 is 1.12 bits per heavy atom. The molecule has 1 heterocycles. The third-order valence-electron chi connectivity index (χ3n) is 5.31. The number of aliphatic hydroxyl groups is 2. The lowest BCUT2D eigenvalue weighted by molar-refractivity contribution is -0.376. The minimum Gasteiger partial charge on any atom is -0.373 e. The van der Waals surface area contributed by atoms with Crippen LogP contribution in [0, 0.1) is 5.92 Å². The number of hydroxylamine groups is 2. The molecule has 5 atom stereocenters. The van der Waals surface area contributed by atoms with Gasteiger partial charge < -0.3 is 29.7 Å². The van der Waals surface area contributed by atoms with Crippen LogP contribution in [0.4, 0.5) is 0 Å². The molecule has 0 bridgehead atoms. The van der Waals surface area contributed by atoms with Crippen molar-refractivity contribution in [1.82, 2.24) is 10.4 Å². The number of amides is 1. The Morgan fingerprint density at radius 3 is 2.44 bits per heavy atom. The molecule has 1 fully saturated rings. The van der Waals surface area contributed by atoms with Gasteiger partial charge in [-0.25, -0.2) is 0 Å². The molecule has 10 nitrogen and oxygen atoms in total. The zero-order chi connectivity index (χ0) is 24.3. The van der Waals surface area contributed by atoms with Crippen LogP contribution in [0.15, 0.2) is 0 Å². The highest BCUT2D eigenvalue weighted by molar-refractivity contribution is 7.53. The number of nitrogens with zero attached hydrogens (tertiary/aromatic N) is 1. The van der Waals surface area contributed by atoms with Crippen molar-refractivity contribution in [3.8, 4) is 0 Å². The third kappa shape index (κ3) is 10.6. The molecular weight excluding hydrogens is 439 g/mol. The van der Waals surface area contributed by atoms with E-state index in [1.54, 1.807) is 20.8 Å². The van der Waals surface area contributed by atoms with Crippen molar-refractivity contribution in [1.29, 1.82) is 0 Å². The maximum atomic E-state index is 12.0. The Kier molecular flexibility index (Phi) is 13.5. The van der Waals surface area contributed by atoms with Crippen molar-refractivity contribution in [3.63, 3.8) is 0 Å². The fourth-order valence-corrected chi connectivity index (χ4v) is 3.77. The number of ether oxygens (including phenoxy) is 1. The van der Waals surface area contributed by atoms with Gasteiger partial charge in [-0.05, 0) is 38.5 Å². The van der Waals surface area contributed by atoms with Crippen LogP contribution >= 0.6 is 7.60 Å². The average molecular weight is 483 g/mol. The molecule has 0 aliphatic carbocycles. The number of nitrogens with one attached hydrogen (secondary N) is 1. The van der Waals surface area contributed by atoms with E-state index >= 15 is 0 Å². The van der Waals surface area contributed by atoms with E-state index in [2.05, 4.69) is 19.2 Å². The van der Waals surface area contributed by atoms with Gasteiger partial charge in [0, 0.05) is 13.0 Å². The van der Waals surface area contributed by atoms with E-state index in [0.717, 1.165) is 30.7 Å². The summed E-state index contributed by atoms with van der Waals surface area (Å²) in [5.74, 6) is 0.686. The number of carbonyl (C=O) groups excluding carboxylic acids is 1. The largest absolute Gasteiger partial charge is 0.373 e. The Labute approximate surface area is 192 Å². The second-order valence-corrected chi connectivity index (χ2v) is 11.5. The predicted octanol–water partition coefficient (Wildman–Crippen LogP) is 2.37. The number of hydrogen-bond acceptors (Lipinski definition) is 8. The molecule has 190 valence electrons. The first-order chi connectivity index (χ1) is 15.0. The lowest BCUT2D eigenvalue weighted by Gasteiger charge is -2.43. The molecule has 1 aliphatic rings. The molecule has 32 heavy (non-hydrogen) atoms. The highest BCUT2D eigenvalue weighted by Gasteiger charge is 2.42. The summed E-state index contributed by atoms with van der Waals surface area (Å²) in [5, 5.41) is 24.7. The van der Waals surface area contributed by atoms with E-state index in [9.17, 15) is 24.5 Å². The van der Waals surface area contributed by atoms with E-state index < -0.39 is 37.9 Å². The molecule has 1 amide bonds. The maximum Gasteiger partial charge on any atom is 0.330 e. The number of morpholine rings is 1. The van der Waals surface area contributed by atoms with Gasteiger partial charge in [0.05, 0.1) is 25.0 Å². The predicted molar refractivity (Wildman–Crippen MR) is 121 cm³/mol. The van der Waals surface area contributed by atoms with Crippen LogP contribution in [0.3, 0.4) is 0 Å². The van der Waals surface area contributed by atoms with Crippen LogP contribution in [-0.4, -0.2) is 76.2 Å². The SMILES string of the molecule is CC(C)CCCNC(=O)CCCCCON1C(O)C(C)OC(COP(=O)(O)C(C)C)C1O. The van der Waals surface area contributed by atoms with Crippen molar-refractivity contribution in [2.24, 2.45) is 5.92 Å². The van der Waals surface area contributed by atoms with E-state index in [4.69, 9.17) is 14.1 Å². The highest BCUT2D eigenvalue weighted by atomic mass is 31.2. The van der Waals surface area contributed by atoms with Crippen LogP contribution in [0.5, 0.6) is 0 Å². The van der Waals surface area contributed by atoms with Gasteiger partial charge in [-0.2, -0.15) is 0 Å². The fourth-order valence-electron chi connectivity index (χ4n) is 3.11. The average Bonchev–Trinajstić information content (AvgIpc) is 2.71. The summed E-state index contributed by atoms with van der Waals surface area (Å²) < 4.78 is 22.6. The number of unbranched alkanes of at least 4 members (excludes halogenated alkanes) is 2. The van der Waals surface area contributed by atoms with Crippen molar-refractivity contribution in [2.75, 3.05) is 19.8 Å². The topological polar surface area (TPSA) is 138 Å². The van der Waals surface area contributed by atoms with Crippen LogP contribution in [0.25, 0.3) is 0 Å². The van der Waals surface area contributed by atoms with Crippen LogP contribution in [0.2, 0.25) is 0 Å². The van der Waals surface area contributed by atoms with E-state index in [1.165, 1.54) is 0 Å². The minimum absolute atomic E-state index is 0.0490. The smallest absolute Gasteiger partial charge is 0.330 e. The molecule has 0 radical (unpaired) electrons. The third-order valence-corrected chi connectivity index (χ3v) is 7.13. The summed E-state index contributed by atoms with van der Waals surface area (Å²) in [5.41, 5.74) is -0.583. The van der Waals surface area contributed by atoms with Gasteiger partial charge in [0.25, 0.3) is 0 Å². The Balaban J connectivity index is 2.31. The summed E-state index contributed by atoms with van der Waals surface area (Å²) in [6.45, 7) is 9.71. The summed E-state index contributed by atoms with van der Waals surface area (Å²) in [6.07, 6.45) is 0.481. The monoisotopic (exact) mass is 482 g/mol. The summed E-state index contributed by atoms with van der Waals surface area (Å²) in [4.78, 5) is 27.2. The molecule has 1 rings (SSSR count). The van der Waals surface area contributed by atoms with Gasteiger partial charge in [0.2, 0.25) is 5.91 Å². The van der Waals surface area contributed by atoms with Gasteiger partial charge in [-0.15, -0.1) is 5.06 Å². The van der Waals surface area contributed by atoms with Crippen LogP contribution in [0.1, 0.15) is 73.1 Å². The standard InChI is InChI=1S/C21H43N2O8P/c1-15(2)10-9-12-22-19(24)11-7-6-8-13-29-23-20(25)17(5)31-18(21(23)26)14-30-32(27,28)16(3)4/h15-18,20-21,25-26H,6-14H2,1-5H3,(H,22,24)(H,27,28). The number of aliphatic hydroxyl groups excluding tert-OH is 2. The zero-order valence-electron chi connectivity index (χ0n) is 20.1. The highest BCUT2D eigenvalue weighted by Crippen LogP contribution is 2.47. The normalized spacial score (nSPS) is 26.4. The van der Waals surface area contributed by atoms with Crippen LogP contribution < -0.4 is 5.32 Å². The van der Waals surface area contributed by atoms with Crippen molar-refractivity contribution >= 4 is 13.5 Å². The van der Waals surface area contributed by atoms with Gasteiger partial charge in [-0.1, -0.05) is 34.1 Å². The van der Waals surface area contributed by atoms with Gasteiger partial charge in [0.1, 0.15) is 6.10 Å². The Bertz CT molecular complexity index is 592. The van der Waals surface area contributed by atoms with Crippen molar-refractivity contribution < 1.29 is 38.6 Å². The molecule has 11 heteroatoms. The van der Waals surface area contributed by atoms with Gasteiger partial charge in [-0.3, -0.25) is 14.2 Å². The Morgan fingerprint density at radius 2 is 1.81 bits per heavy atom. The molecule has 4 N–H and O–H groups in total. The molecular formula is C21H43N2O8P. The van der Waals surface area contributed by atoms with Crippen molar-refractivity contribution in [3.05, 3.63) is 0 Å².